The maximum absolute atomic E-state index is 12.0. The number of phenolic OH excluding ortho intramolecular Hbond substituents is 1. The van der Waals surface area contributed by atoms with E-state index in [-0.39, 0.29) is 17.9 Å². The fourth-order valence-electron chi connectivity index (χ4n) is 2.06. The highest BCUT2D eigenvalue weighted by molar-refractivity contribution is 6.01. The summed E-state index contributed by atoms with van der Waals surface area (Å²) in [6.07, 6.45) is 3.02. The first-order valence-electron chi connectivity index (χ1n) is 6.74. The third kappa shape index (κ3) is 3.55. The predicted octanol–water partition coefficient (Wildman–Crippen LogP) is 2.83. The minimum atomic E-state index is -0.470. The van der Waals surface area contributed by atoms with Gasteiger partial charge in [-0.2, -0.15) is 5.26 Å². The van der Waals surface area contributed by atoms with Gasteiger partial charge in [0, 0.05) is 0 Å². The Balaban J connectivity index is 2.16. The summed E-state index contributed by atoms with van der Waals surface area (Å²) in [4.78, 5) is 12.0. The Morgan fingerprint density at radius 1 is 1.41 bits per heavy atom. The molecule has 0 bridgehead atoms. The van der Waals surface area contributed by atoms with E-state index in [0.29, 0.717) is 22.5 Å². The molecule has 2 N–H and O–H groups in total. The first-order valence-corrected chi connectivity index (χ1v) is 6.74. The van der Waals surface area contributed by atoms with E-state index < -0.39 is 5.91 Å². The van der Waals surface area contributed by atoms with Crippen molar-refractivity contribution in [3.63, 3.8) is 0 Å². The molecule has 22 heavy (non-hydrogen) atoms. The summed E-state index contributed by atoms with van der Waals surface area (Å²) in [5, 5.41) is 21.5. The minimum absolute atomic E-state index is 0.00366. The molecular weight excluding hydrogens is 280 g/mol. The number of rotatable bonds is 4. The number of nitrogens with one attached hydrogen (secondary N) is 1. The minimum Gasteiger partial charge on any atom is -0.507 e. The van der Waals surface area contributed by atoms with Crippen LogP contribution in [-0.4, -0.2) is 11.0 Å². The topological polar surface area (TPSA) is 86.3 Å². The summed E-state index contributed by atoms with van der Waals surface area (Å²) in [5.74, 6) is 0.363. The van der Waals surface area contributed by atoms with Crippen LogP contribution in [0.1, 0.15) is 22.5 Å². The third-order valence-corrected chi connectivity index (χ3v) is 3.19. The molecule has 1 heterocycles. The van der Waals surface area contributed by atoms with E-state index in [1.165, 1.54) is 12.3 Å². The highest BCUT2D eigenvalue weighted by Gasteiger charge is 2.10. The number of nitriles is 1. The Kier molecular flexibility index (Phi) is 4.64. The molecule has 0 atom stereocenters. The van der Waals surface area contributed by atoms with Crippen molar-refractivity contribution < 1.29 is 14.3 Å². The molecule has 0 aliphatic rings. The Bertz CT molecular complexity index is 730. The molecule has 5 nitrogen and oxygen atoms in total. The number of furan rings is 1. The van der Waals surface area contributed by atoms with E-state index in [1.54, 1.807) is 38.1 Å². The number of amides is 1. The molecule has 112 valence electrons. The molecular formula is C17H16N2O3. The number of hydrogen-bond donors (Lipinski definition) is 2. The van der Waals surface area contributed by atoms with Gasteiger partial charge in [-0.1, -0.05) is 0 Å². The average molecular weight is 296 g/mol. The van der Waals surface area contributed by atoms with Gasteiger partial charge in [0.2, 0.25) is 0 Å². The van der Waals surface area contributed by atoms with Crippen molar-refractivity contribution in [1.82, 2.24) is 5.32 Å². The molecule has 0 spiro atoms. The summed E-state index contributed by atoms with van der Waals surface area (Å²) in [6.45, 7) is 3.75. The predicted molar refractivity (Wildman–Crippen MR) is 81.7 cm³/mol. The normalized spacial score (nSPS) is 11.0. The van der Waals surface area contributed by atoms with Gasteiger partial charge < -0.3 is 14.8 Å². The fraction of sp³-hybridized carbons (Fsp3) is 0.176. The number of aryl methyl sites for hydroxylation is 2. The zero-order chi connectivity index (χ0) is 16.1. The number of hydrogen-bond acceptors (Lipinski definition) is 4. The van der Waals surface area contributed by atoms with Crippen molar-refractivity contribution >= 4 is 12.0 Å². The van der Waals surface area contributed by atoms with Gasteiger partial charge in [-0.15, -0.1) is 0 Å². The van der Waals surface area contributed by atoms with Crippen molar-refractivity contribution in [2.45, 2.75) is 20.4 Å². The van der Waals surface area contributed by atoms with E-state index >= 15 is 0 Å². The summed E-state index contributed by atoms with van der Waals surface area (Å²) in [5.41, 5.74) is 2.08. The highest BCUT2D eigenvalue weighted by atomic mass is 16.3. The van der Waals surface area contributed by atoms with Crippen LogP contribution < -0.4 is 5.32 Å². The van der Waals surface area contributed by atoms with Crippen LogP contribution in [0, 0.1) is 25.2 Å². The molecule has 0 radical (unpaired) electrons. The van der Waals surface area contributed by atoms with Crippen LogP contribution in [0.15, 0.2) is 40.5 Å². The second-order valence-electron chi connectivity index (χ2n) is 4.94. The number of phenols is 1. The lowest BCUT2D eigenvalue weighted by Crippen LogP contribution is -2.23. The number of benzene rings is 1. The van der Waals surface area contributed by atoms with Crippen LogP contribution in [0.25, 0.3) is 6.08 Å². The summed E-state index contributed by atoms with van der Waals surface area (Å²) < 4.78 is 5.12. The zero-order valence-corrected chi connectivity index (χ0v) is 12.4. The van der Waals surface area contributed by atoms with Gasteiger partial charge in [0.15, 0.2) is 0 Å². The van der Waals surface area contributed by atoms with Crippen LogP contribution >= 0.6 is 0 Å². The standard InChI is InChI=1S/C17H16N2O3/c1-11-6-13(7-12(2)16(11)20)8-14(9-18)17(21)19-10-15-4-3-5-22-15/h3-8,20H,10H2,1-2H3,(H,19,21). The smallest absolute Gasteiger partial charge is 0.262 e. The van der Waals surface area contributed by atoms with Gasteiger partial charge >= 0.3 is 0 Å². The van der Waals surface area contributed by atoms with E-state index in [9.17, 15) is 9.90 Å². The summed E-state index contributed by atoms with van der Waals surface area (Å²) >= 11 is 0. The molecule has 1 aromatic heterocycles. The lowest BCUT2D eigenvalue weighted by molar-refractivity contribution is -0.117. The fourth-order valence-corrected chi connectivity index (χ4v) is 2.06. The number of carbonyl (C=O) groups is 1. The van der Waals surface area contributed by atoms with Crippen LogP contribution in [0.4, 0.5) is 0 Å². The van der Waals surface area contributed by atoms with Crippen molar-refractivity contribution in [2.24, 2.45) is 0 Å². The molecule has 0 fully saturated rings. The van der Waals surface area contributed by atoms with Crippen LogP contribution in [0.3, 0.4) is 0 Å². The van der Waals surface area contributed by atoms with Gasteiger partial charge in [0.05, 0.1) is 12.8 Å². The number of nitrogens with zero attached hydrogens (tertiary/aromatic N) is 1. The Labute approximate surface area is 128 Å². The quantitative estimate of drug-likeness (QED) is 0.671. The SMILES string of the molecule is Cc1cc(C=C(C#N)C(=O)NCc2ccco2)cc(C)c1O. The molecule has 0 aliphatic heterocycles. The second-order valence-corrected chi connectivity index (χ2v) is 4.94. The van der Waals surface area contributed by atoms with Crippen LogP contribution in [0.2, 0.25) is 0 Å². The summed E-state index contributed by atoms with van der Waals surface area (Å²) in [6, 6.07) is 8.80. The Morgan fingerprint density at radius 2 is 2.09 bits per heavy atom. The van der Waals surface area contributed by atoms with E-state index in [1.807, 2.05) is 6.07 Å². The molecule has 2 aromatic rings. The molecule has 1 aromatic carbocycles. The first-order chi connectivity index (χ1) is 10.5. The maximum Gasteiger partial charge on any atom is 0.262 e. The molecule has 0 saturated carbocycles. The Morgan fingerprint density at radius 3 is 2.64 bits per heavy atom. The molecule has 0 aliphatic carbocycles. The highest BCUT2D eigenvalue weighted by Crippen LogP contribution is 2.24. The van der Waals surface area contributed by atoms with E-state index in [2.05, 4.69) is 5.32 Å². The Hall–Kier alpha value is -3.00. The lowest BCUT2D eigenvalue weighted by Gasteiger charge is -2.06. The molecule has 1 amide bonds. The monoisotopic (exact) mass is 296 g/mol. The van der Waals surface area contributed by atoms with Crippen molar-refractivity contribution in [1.29, 1.82) is 5.26 Å². The molecule has 5 heteroatoms. The summed E-state index contributed by atoms with van der Waals surface area (Å²) in [7, 11) is 0. The maximum atomic E-state index is 12.0. The largest absolute Gasteiger partial charge is 0.507 e. The van der Waals surface area contributed by atoms with E-state index in [0.717, 1.165) is 0 Å². The van der Waals surface area contributed by atoms with Crippen molar-refractivity contribution in [2.75, 3.05) is 0 Å². The van der Waals surface area contributed by atoms with Gasteiger partial charge in [0.1, 0.15) is 23.2 Å². The molecule has 0 unspecified atom stereocenters. The lowest BCUT2D eigenvalue weighted by atomic mass is 10.0. The van der Waals surface area contributed by atoms with Gasteiger partial charge in [0.25, 0.3) is 5.91 Å². The number of carbonyl (C=O) groups excluding carboxylic acids is 1. The van der Waals surface area contributed by atoms with Gasteiger partial charge in [-0.05, 0) is 60.9 Å². The first kappa shape index (κ1) is 15.4. The second kappa shape index (κ2) is 6.64. The zero-order valence-electron chi connectivity index (χ0n) is 12.4. The van der Waals surface area contributed by atoms with Crippen molar-refractivity contribution in [3.05, 3.63) is 58.6 Å². The average Bonchev–Trinajstić information content (AvgIpc) is 3.01. The molecule has 0 saturated heterocycles. The van der Waals surface area contributed by atoms with Crippen LogP contribution in [0.5, 0.6) is 5.75 Å². The number of aromatic hydroxyl groups is 1. The van der Waals surface area contributed by atoms with Gasteiger partial charge in [-0.25, -0.2) is 0 Å². The van der Waals surface area contributed by atoms with E-state index in [4.69, 9.17) is 9.68 Å². The van der Waals surface area contributed by atoms with Crippen molar-refractivity contribution in [3.8, 4) is 11.8 Å². The molecule has 2 rings (SSSR count). The third-order valence-electron chi connectivity index (χ3n) is 3.19. The van der Waals surface area contributed by atoms with Gasteiger partial charge in [-0.3, -0.25) is 4.79 Å². The van der Waals surface area contributed by atoms with Crippen LogP contribution in [-0.2, 0) is 11.3 Å².